The van der Waals surface area contributed by atoms with Gasteiger partial charge in [0, 0.05) is 12.4 Å². The fraction of sp³-hybridized carbons (Fsp3) is 0.300. The maximum atomic E-state index is 5.79. The first-order valence-corrected chi connectivity index (χ1v) is 4.95. The van der Waals surface area contributed by atoms with Crippen molar-refractivity contribution >= 4 is 17.6 Å². The molecule has 0 saturated heterocycles. The van der Waals surface area contributed by atoms with Crippen molar-refractivity contribution in [1.29, 1.82) is 0 Å². The summed E-state index contributed by atoms with van der Waals surface area (Å²) in [6, 6.07) is 8.01. The van der Waals surface area contributed by atoms with Crippen LogP contribution in [0, 0.1) is 0 Å². The molecule has 0 atom stereocenters. The van der Waals surface area contributed by atoms with E-state index in [2.05, 4.69) is 4.99 Å². The van der Waals surface area contributed by atoms with Crippen LogP contribution in [0.15, 0.2) is 29.3 Å². The summed E-state index contributed by atoms with van der Waals surface area (Å²) in [6.45, 7) is 0.607. The summed E-state index contributed by atoms with van der Waals surface area (Å²) in [5.41, 5.74) is 12.8. The van der Waals surface area contributed by atoms with E-state index < -0.39 is 0 Å². The van der Waals surface area contributed by atoms with Gasteiger partial charge in [0.15, 0.2) is 5.96 Å². The molecule has 14 heavy (non-hydrogen) atoms. The quantitative estimate of drug-likeness (QED) is 0.447. The third-order valence-corrected chi connectivity index (χ3v) is 2.23. The Morgan fingerprint density at radius 3 is 2.43 bits per heavy atom. The van der Waals surface area contributed by atoms with Gasteiger partial charge < -0.3 is 11.5 Å². The van der Waals surface area contributed by atoms with Gasteiger partial charge in [0.05, 0.1) is 0 Å². The van der Waals surface area contributed by atoms with Gasteiger partial charge in [0.25, 0.3) is 0 Å². The standard InChI is InChI=1S/C10H14ClN3/c11-7-9-4-2-1-3-8(9)5-6-14-10(12)13/h1-4H,5-7H2,(H4,12,13,14). The molecule has 4 heteroatoms. The Bertz CT molecular complexity index is 319. The van der Waals surface area contributed by atoms with Gasteiger partial charge in [-0.2, -0.15) is 0 Å². The molecular weight excluding hydrogens is 198 g/mol. The highest BCUT2D eigenvalue weighted by atomic mass is 35.5. The first-order valence-electron chi connectivity index (χ1n) is 4.42. The number of guanidine groups is 1. The Morgan fingerprint density at radius 1 is 1.21 bits per heavy atom. The van der Waals surface area contributed by atoms with E-state index >= 15 is 0 Å². The molecule has 0 aliphatic carbocycles. The molecular formula is C10H14ClN3. The maximum absolute atomic E-state index is 5.79. The molecule has 0 radical (unpaired) electrons. The normalized spacial score (nSPS) is 9.79. The van der Waals surface area contributed by atoms with Crippen LogP contribution in [0.3, 0.4) is 0 Å². The number of rotatable bonds is 4. The number of alkyl halides is 1. The van der Waals surface area contributed by atoms with Crippen LogP contribution in [0.4, 0.5) is 0 Å². The summed E-state index contributed by atoms with van der Waals surface area (Å²) >= 11 is 5.79. The molecule has 1 rings (SSSR count). The Hall–Kier alpha value is -1.22. The van der Waals surface area contributed by atoms with Crippen molar-refractivity contribution in [3.05, 3.63) is 35.4 Å². The van der Waals surface area contributed by atoms with Gasteiger partial charge in [-0.05, 0) is 17.5 Å². The van der Waals surface area contributed by atoms with Crippen LogP contribution >= 0.6 is 11.6 Å². The monoisotopic (exact) mass is 211 g/mol. The van der Waals surface area contributed by atoms with Gasteiger partial charge in [-0.25, -0.2) is 0 Å². The second kappa shape index (κ2) is 5.50. The summed E-state index contributed by atoms with van der Waals surface area (Å²) in [6.07, 6.45) is 0.820. The van der Waals surface area contributed by atoms with E-state index in [1.54, 1.807) is 0 Å². The minimum atomic E-state index is 0.133. The van der Waals surface area contributed by atoms with Crippen LogP contribution < -0.4 is 11.5 Å². The molecule has 0 amide bonds. The van der Waals surface area contributed by atoms with Gasteiger partial charge in [-0.15, -0.1) is 11.6 Å². The maximum Gasteiger partial charge on any atom is 0.185 e. The van der Waals surface area contributed by atoms with Crippen LogP contribution in [-0.4, -0.2) is 12.5 Å². The Morgan fingerprint density at radius 2 is 1.86 bits per heavy atom. The topological polar surface area (TPSA) is 64.4 Å². The largest absolute Gasteiger partial charge is 0.370 e. The number of hydrogen-bond acceptors (Lipinski definition) is 1. The van der Waals surface area contributed by atoms with Crippen molar-refractivity contribution in [3.63, 3.8) is 0 Å². The van der Waals surface area contributed by atoms with Crippen molar-refractivity contribution in [3.8, 4) is 0 Å². The molecule has 4 N–H and O–H groups in total. The van der Waals surface area contributed by atoms with Crippen molar-refractivity contribution < 1.29 is 0 Å². The van der Waals surface area contributed by atoms with E-state index in [0.717, 1.165) is 12.0 Å². The first-order chi connectivity index (χ1) is 6.74. The highest BCUT2D eigenvalue weighted by Crippen LogP contribution is 2.11. The minimum absolute atomic E-state index is 0.133. The van der Waals surface area contributed by atoms with Gasteiger partial charge in [0.1, 0.15) is 0 Å². The van der Waals surface area contributed by atoms with E-state index in [-0.39, 0.29) is 5.96 Å². The van der Waals surface area contributed by atoms with E-state index in [1.807, 2.05) is 24.3 Å². The fourth-order valence-electron chi connectivity index (χ4n) is 1.24. The molecule has 0 aliphatic heterocycles. The number of halogens is 1. The van der Waals surface area contributed by atoms with Crippen molar-refractivity contribution in [2.24, 2.45) is 16.5 Å². The fourth-order valence-corrected chi connectivity index (χ4v) is 1.50. The average molecular weight is 212 g/mol. The van der Waals surface area contributed by atoms with Crippen LogP contribution in [0.1, 0.15) is 11.1 Å². The molecule has 0 bridgehead atoms. The van der Waals surface area contributed by atoms with E-state index in [4.69, 9.17) is 23.1 Å². The van der Waals surface area contributed by atoms with Crippen molar-refractivity contribution in [1.82, 2.24) is 0 Å². The van der Waals surface area contributed by atoms with E-state index in [0.29, 0.717) is 12.4 Å². The number of nitrogens with zero attached hydrogens (tertiary/aromatic N) is 1. The lowest BCUT2D eigenvalue weighted by molar-refractivity contribution is 0.950. The van der Waals surface area contributed by atoms with Gasteiger partial charge in [-0.1, -0.05) is 24.3 Å². The zero-order chi connectivity index (χ0) is 10.4. The zero-order valence-electron chi connectivity index (χ0n) is 7.91. The number of aliphatic imine (C=N–C) groups is 1. The molecule has 1 aromatic carbocycles. The molecule has 0 spiro atoms. The lowest BCUT2D eigenvalue weighted by Gasteiger charge is -2.04. The van der Waals surface area contributed by atoms with Crippen LogP contribution in [0.5, 0.6) is 0 Å². The molecule has 3 nitrogen and oxygen atoms in total. The van der Waals surface area contributed by atoms with Crippen molar-refractivity contribution in [2.45, 2.75) is 12.3 Å². The summed E-state index contributed by atoms with van der Waals surface area (Å²) in [5.74, 6) is 0.659. The molecule has 0 unspecified atom stereocenters. The Labute approximate surface area is 88.8 Å². The summed E-state index contributed by atoms with van der Waals surface area (Å²) in [4.78, 5) is 3.92. The molecule has 1 aromatic rings. The molecule has 76 valence electrons. The third-order valence-electron chi connectivity index (χ3n) is 1.94. The molecule has 0 fully saturated rings. The smallest absolute Gasteiger partial charge is 0.185 e. The molecule has 0 aromatic heterocycles. The zero-order valence-corrected chi connectivity index (χ0v) is 8.67. The van der Waals surface area contributed by atoms with Gasteiger partial charge in [-0.3, -0.25) is 4.99 Å². The predicted octanol–water partition coefficient (Wildman–Crippen LogP) is 1.24. The SMILES string of the molecule is NC(N)=NCCc1ccccc1CCl. The van der Waals surface area contributed by atoms with Crippen molar-refractivity contribution in [2.75, 3.05) is 6.54 Å². The third kappa shape index (κ3) is 3.26. The van der Waals surface area contributed by atoms with E-state index in [9.17, 15) is 0 Å². The minimum Gasteiger partial charge on any atom is -0.370 e. The predicted molar refractivity (Wildman–Crippen MR) is 60.4 cm³/mol. The van der Waals surface area contributed by atoms with Crippen LogP contribution in [0.25, 0.3) is 0 Å². The lowest BCUT2D eigenvalue weighted by atomic mass is 10.1. The summed E-state index contributed by atoms with van der Waals surface area (Å²) in [5, 5.41) is 0. The van der Waals surface area contributed by atoms with E-state index in [1.165, 1.54) is 5.56 Å². The summed E-state index contributed by atoms with van der Waals surface area (Å²) in [7, 11) is 0. The highest BCUT2D eigenvalue weighted by molar-refractivity contribution is 6.17. The second-order valence-corrected chi connectivity index (χ2v) is 3.23. The Kier molecular flexibility index (Phi) is 4.26. The van der Waals surface area contributed by atoms with Crippen LogP contribution in [-0.2, 0) is 12.3 Å². The molecule has 0 heterocycles. The Balaban J connectivity index is 2.62. The van der Waals surface area contributed by atoms with Gasteiger partial charge in [0.2, 0.25) is 0 Å². The first kappa shape index (κ1) is 10.9. The average Bonchev–Trinajstić information content (AvgIpc) is 2.18. The second-order valence-electron chi connectivity index (χ2n) is 2.96. The molecule has 0 aliphatic rings. The van der Waals surface area contributed by atoms with Gasteiger partial charge >= 0.3 is 0 Å². The highest BCUT2D eigenvalue weighted by Gasteiger charge is 1.98. The lowest BCUT2D eigenvalue weighted by Crippen LogP contribution is -2.23. The number of hydrogen-bond donors (Lipinski definition) is 2. The summed E-state index contributed by atoms with van der Waals surface area (Å²) < 4.78 is 0. The number of benzene rings is 1. The molecule has 0 saturated carbocycles. The van der Waals surface area contributed by atoms with Crippen LogP contribution in [0.2, 0.25) is 0 Å². The number of nitrogens with two attached hydrogens (primary N) is 2.